The summed E-state index contributed by atoms with van der Waals surface area (Å²) < 4.78 is 2.45. The fourth-order valence-electron chi connectivity index (χ4n) is 1.16. The predicted molar refractivity (Wildman–Crippen MR) is 56.5 cm³/mol. The molecule has 0 saturated carbocycles. The van der Waals surface area contributed by atoms with Gasteiger partial charge in [0, 0.05) is 36.0 Å². The fourth-order valence-corrected chi connectivity index (χ4v) is 1.83. The summed E-state index contributed by atoms with van der Waals surface area (Å²) in [5.74, 6) is 0. The summed E-state index contributed by atoms with van der Waals surface area (Å²) in [7, 11) is 0. The van der Waals surface area contributed by atoms with E-state index >= 15 is 0 Å². The second-order valence-corrected chi connectivity index (χ2v) is 4.07. The van der Waals surface area contributed by atoms with Gasteiger partial charge in [0.2, 0.25) is 0 Å². The van der Waals surface area contributed by atoms with Gasteiger partial charge in [-0.25, -0.2) is 4.58 Å². The molecule has 0 saturated heterocycles. The summed E-state index contributed by atoms with van der Waals surface area (Å²) in [4.78, 5) is 0. The zero-order chi connectivity index (χ0) is 9.72. The van der Waals surface area contributed by atoms with Crippen LogP contribution in [0.3, 0.4) is 0 Å². The Bertz CT molecular complexity index is 152. The molecule has 0 fully saturated rings. The molecule has 0 aromatic carbocycles. The second kappa shape index (κ2) is 7.90. The van der Waals surface area contributed by atoms with E-state index < -0.39 is 0 Å². The van der Waals surface area contributed by atoms with Crippen molar-refractivity contribution in [1.29, 1.82) is 0 Å². The molecule has 0 aliphatic carbocycles. The van der Waals surface area contributed by atoms with E-state index in [0.29, 0.717) is 16.7 Å². The summed E-state index contributed by atoms with van der Waals surface area (Å²) in [6.45, 7) is 8.54. The number of hydrogen-bond acceptors (Lipinski definition) is 0. The number of hydrogen-bond donors (Lipinski definition) is 0. The van der Waals surface area contributed by atoms with Crippen LogP contribution in [0.25, 0.3) is 0 Å². The molecule has 0 aromatic heterocycles. The van der Waals surface area contributed by atoms with E-state index in [0.717, 1.165) is 12.8 Å². The third-order valence-electron chi connectivity index (χ3n) is 2.33. The lowest BCUT2D eigenvalue weighted by Crippen LogP contribution is -3.00. The predicted octanol–water partition coefficient (Wildman–Crippen LogP) is 0.433. The minimum absolute atomic E-state index is 0. The van der Waals surface area contributed by atoms with Crippen LogP contribution in [0.1, 0.15) is 40.5 Å². The summed E-state index contributed by atoms with van der Waals surface area (Å²) in [5.41, 5.74) is 0. The quantitative estimate of drug-likeness (QED) is 0.500. The van der Waals surface area contributed by atoms with Crippen molar-refractivity contribution in [2.75, 3.05) is 0 Å². The first-order valence-electron chi connectivity index (χ1n) is 4.50. The summed E-state index contributed by atoms with van der Waals surface area (Å²) >= 11 is 11.6. The first-order valence-corrected chi connectivity index (χ1v) is 5.26. The molecule has 2 unspecified atom stereocenters. The van der Waals surface area contributed by atoms with Crippen LogP contribution in [0, 0.1) is 0 Å². The monoisotopic (exact) mass is 245 g/mol. The third-order valence-corrected chi connectivity index (χ3v) is 2.72. The Hall–Kier alpha value is 0.540. The van der Waals surface area contributed by atoms with Crippen LogP contribution in [0.4, 0.5) is 0 Å². The van der Waals surface area contributed by atoms with E-state index in [2.05, 4.69) is 32.3 Å². The van der Waals surface area contributed by atoms with Crippen molar-refractivity contribution < 1.29 is 17.0 Å². The van der Waals surface area contributed by atoms with Gasteiger partial charge in [0.25, 0.3) is 0 Å². The molecule has 0 bridgehead atoms. The summed E-state index contributed by atoms with van der Waals surface area (Å²) in [6, 6.07) is 0.842. The Labute approximate surface area is 97.5 Å². The highest BCUT2D eigenvalue weighted by atomic mass is 35.5. The van der Waals surface area contributed by atoms with E-state index in [1.54, 1.807) is 0 Å². The second-order valence-electron chi connectivity index (χ2n) is 3.16. The standard InChI is InChI=1S/C9H18Cl2N.ClH/c1-5-7(3)12(9(10)11)8(4)6-2;/h7-8H,5-6H2,1-4H3;1H/q+1;/p-1. The van der Waals surface area contributed by atoms with Crippen LogP contribution >= 0.6 is 23.2 Å². The Morgan fingerprint density at radius 3 is 1.54 bits per heavy atom. The van der Waals surface area contributed by atoms with Crippen LogP contribution in [-0.2, 0) is 0 Å². The molecule has 80 valence electrons. The SMILES string of the molecule is CCC(C)[N+](=C(Cl)Cl)C(C)CC.[Cl-]. The Morgan fingerprint density at radius 1 is 1.08 bits per heavy atom. The van der Waals surface area contributed by atoms with Crippen LogP contribution in [0.15, 0.2) is 0 Å². The van der Waals surface area contributed by atoms with Crippen molar-refractivity contribution in [3.05, 3.63) is 0 Å². The van der Waals surface area contributed by atoms with Crippen molar-refractivity contribution in [2.24, 2.45) is 0 Å². The largest absolute Gasteiger partial charge is 1.00 e. The third kappa shape index (κ3) is 5.09. The van der Waals surface area contributed by atoms with Crippen LogP contribution in [0.5, 0.6) is 0 Å². The lowest BCUT2D eigenvalue weighted by atomic mass is 10.2. The Morgan fingerprint density at radius 2 is 1.38 bits per heavy atom. The molecule has 0 aromatic rings. The fraction of sp³-hybridized carbons (Fsp3) is 0.889. The molecule has 0 aliphatic rings. The minimum Gasteiger partial charge on any atom is -1.00 e. The van der Waals surface area contributed by atoms with Crippen molar-refractivity contribution >= 4 is 27.8 Å². The normalized spacial score (nSPS) is 14.3. The highest BCUT2D eigenvalue weighted by molar-refractivity contribution is 6.94. The molecule has 13 heavy (non-hydrogen) atoms. The summed E-state index contributed by atoms with van der Waals surface area (Å²) in [5, 5.41) is 0. The molecule has 1 nitrogen and oxygen atoms in total. The highest BCUT2D eigenvalue weighted by Crippen LogP contribution is 2.09. The molecule has 0 aliphatic heterocycles. The average molecular weight is 247 g/mol. The van der Waals surface area contributed by atoms with Gasteiger partial charge in [0.05, 0.1) is 0 Å². The van der Waals surface area contributed by atoms with Gasteiger partial charge in [-0.3, -0.25) is 0 Å². The lowest BCUT2D eigenvalue weighted by molar-refractivity contribution is -0.591. The van der Waals surface area contributed by atoms with Gasteiger partial charge < -0.3 is 12.4 Å². The lowest BCUT2D eigenvalue weighted by Gasteiger charge is -2.15. The van der Waals surface area contributed by atoms with Gasteiger partial charge in [-0.2, -0.15) is 0 Å². The molecule has 0 rings (SSSR count). The summed E-state index contributed by atoms with van der Waals surface area (Å²) in [6.07, 6.45) is 2.13. The molecular weight excluding hydrogens is 228 g/mol. The molecule has 0 N–H and O–H groups in total. The molecule has 0 heterocycles. The van der Waals surface area contributed by atoms with Gasteiger partial charge in [-0.15, -0.1) is 0 Å². The maximum atomic E-state index is 5.80. The van der Waals surface area contributed by atoms with E-state index in [-0.39, 0.29) is 12.4 Å². The van der Waals surface area contributed by atoms with E-state index in [1.807, 2.05) is 0 Å². The van der Waals surface area contributed by atoms with Gasteiger partial charge in [-0.05, 0) is 13.8 Å². The minimum atomic E-state index is 0. The maximum Gasteiger partial charge on any atom is 0.341 e. The molecule has 0 spiro atoms. The van der Waals surface area contributed by atoms with Crippen LogP contribution < -0.4 is 12.4 Å². The van der Waals surface area contributed by atoms with E-state index in [4.69, 9.17) is 23.2 Å². The molecule has 2 atom stereocenters. The maximum absolute atomic E-state index is 5.80. The van der Waals surface area contributed by atoms with Crippen molar-refractivity contribution in [1.82, 2.24) is 0 Å². The van der Waals surface area contributed by atoms with Crippen molar-refractivity contribution in [3.63, 3.8) is 0 Å². The zero-order valence-corrected chi connectivity index (χ0v) is 10.9. The van der Waals surface area contributed by atoms with Gasteiger partial charge in [0.15, 0.2) is 12.1 Å². The molecule has 0 radical (unpaired) electrons. The van der Waals surface area contributed by atoms with Gasteiger partial charge in [-0.1, -0.05) is 13.8 Å². The number of halogens is 3. The van der Waals surface area contributed by atoms with Gasteiger partial charge >= 0.3 is 4.63 Å². The highest BCUT2D eigenvalue weighted by Gasteiger charge is 2.22. The molecule has 0 amide bonds. The number of rotatable bonds is 4. The molecular formula is C9H18Cl3N. The average Bonchev–Trinajstić information content (AvgIpc) is 2.03. The first-order chi connectivity index (χ1) is 5.54. The first kappa shape index (κ1) is 16.0. The van der Waals surface area contributed by atoms with Crippen molar-refractivity contribution in [2.45, 2.75) is 52.6 Å². The Kier molecular flexibility index (Phi) is 9.71. The smallest absolute Gasteiger partial charge is 0.341 e. The van der Waals surface area contributed by atoms with Crippen molar-refractivity contribution in [3.8, 4) is 0 Å². The molecule has 4 heteroatoms. The zero-order valence-electron chi connectivity index (χ0n) is 8.65. The number of nitrogens with zero attached hydrogens (tertiary/aromatic N) is 1. The van der Waals surface area contributed by atoms with Crippen LogP contribution in [0.2, 0.25) is 0 Å². The topological polar surface area (TPSA) is 3.01 Å². The van der Waals surface area contributed by atoms with E-state index in [1.165, 1.54) is 0 Å². The van der Waals surface area contributed by atoms with Gasteiger partial charge in [0.1, 0.15) is 0 Å². The van der Waals surface area contributed by atoms with Crippen LogP contribution in [-0.4, -0.2) is 21.3 Å². The van der Waals surface area contributed by atoms with E-state index in [9.17, 15) is 0 Å². The Balaban J connectivity index is 0.